The van der Waals surface area contributed by atoms with Crippen LogP contribution in [0.25, 0.3) is 0 Å². The molecule has 0 radical (unpaired) electrons. The number of amides is 2. The molecule has 0 saturated heterocycles. The van der Waals surface area contributed by atoms with Crippen LogP contribution in [-0.4, -0.2) is 89.2 Å². The molecule has 0 rings (SSSR count). The maximum Gasteiger partial charge on any atom is 0.225 e. The largest absolute Gasteiger partial charge is 0.356 e. The lowest BCUT2D eigenvalue weighted by Gasteiger charge is -2.25. The van der Waals surface area contributed by atoms with Gasteiger partial charge in [-0.1, -0.05) is 34.6 Å². The summed E-state index contributed by atoms with van der Waals surface area (Å²) in [6.45, 7) is 13.8. The summed E-state index contributed by atoms with van der Waals surface area (Å²) in [5.74, 6) is 0.513. The number of hydrogen-bond acceptors (Lipinski definition) is 2. The standard InChI is InChI=1S/C12H26N2O.C11H24N2O/c1-7-12(2,3)11(15)13-9-8-10-14(4,5)6;1-6-10(2)11(14)12-8-7-9-13(3,4)5/h7-10H2,1-6H3;10H,6-9H2,1-5H3/p+2. The van der Waals surface area contributed by atoms with Crippen LogP contribution in [0.5, 0.6) is 0 Å². The molecular weight excluding hydrogens is 364 g/mol. The van der Waals surface area contributed by atoms with Crippen molar-refractivity contribution in [2.24, 2.45) is 11.3 Å². The van der Waals surface area contributed by atoms with E-state index in [-0.39, 0.29) is 23.1 Å². The normalized spacial score (nSPS) is 13.2. The number of hydrogen-bond donors (Lipinski definition) is 2. The fourth-order valence-corrected chi connectivity index (χ4v) is 2.28. The van der Waals surface area contributed by atoms with Crippen LogP contribution in [0.1, 0.15) is 60.3 Å². The van der Waals surface area contributed by atoms with E-state index >= 15 is 0 Å². The fourth-order valence-electron chi connectivity index (χ4n) is 2.28. The van der Waals surface area contributed by atoms with Crippen molar-refractivity contribution in [2.75, 3.05) is 68.5 Å². The number of carbonyl (C=O) groups excluding carboxylic acids is 2. The Hall–Kier alpha value is -1.14. The second-order valence-corrected chi connectivity index (χ2v) is 10.8. The van der Waals surface area contributed by atoms with E-state index in [0.29, 0.717) is 0 Å². The third-order valence-electron chi connectivity index (χ3n) is 5.15. The van der Waals surface area contributed by atoms with Gasteiger partial charge < -0.3 is 19.6 Å². The average Bonchev–Trinajstić information content (AvgIpc) is 2.60. The van der Waals surface area contributed by atoms with Crippen molar-refractivity contribution in [1.29, 1.82) is 0 Å². The minimum absolute atomic E-state index is 0.152. The van der Waals surface area contributed by atoms with Crippen LogP contribution in [0.2, 0.25) is 0 Å². The maximum absolute atomic E-state index is 11.7. The maximum atomic E-state index is 11.7. The fraction of sp³-hybridized carbons (Fsp3) is 0.913. The van der Waals surface area contributed by atoms with Crippen molar-refractivity contribution >= 4 is 11.8 Å². The highest BCUT2D eigenvalue weighted by atomic mass is 16.2. The molecule has 0 fully saturated rings. The molecular formula is C23H52N4O2+2. The van der Waals surface area contributed by atoms with E-state index in [4.69, 9.17) is 0 Å². The van der Waals surface area contributed by atoms with Crippen LogP contribution in [0.4, 0.5) is 0 Å². The summed E-state index contributed by atoms with van der Waals surface area (Å²) in [7, 11) is 13.0. The van der Waals surface area contributed by atoms with Gasteiger partial charge in [0.1, 0.15) is 0 Å². The Morgan fingerprint density at radius 3 is 1.59 bits per heavy atom. The molecule has 0 heterocycles. The van der Waals surface area contributed by atoms with Gasteiger partial charge in [0.25, 0.3) is 0 Å². The highest BCUT2D eigenvalue weighted by Crippen LogP contribution is 2.19. The summed E-state index contributed by atoms with van der Waals surface area (Å²) < 4.78 is 1.91. The number of nitrogens with zero attached hydrogens (tertiary/aromatic N) is 2. The molecule has 0 aliphatic heterocycles. The third-order valence-corrected chi connectivity index (χ3v) is 5.15. The van der Waals surface area contributed by atoms with E-state index in [1.807, 2.05) is 34.6 Å². The smallest absolute Gasteiger partial charge is 0.225 e. The SMILES string of the molecule is CCC(C)(C)C(=O)NCCC[N+](C)(C)C.CCC(C)C(=O)NCCC[N+](C)(C)C. The molecule has 29 heavy (non-hydrogen) atoms. The van der Waals surface area contributed by atoms with Crippen molar-refractivity contribution in [3.63, 3.8) is 0 Å². The molecule has 0 aromatic carbocycles. The summed E-state index contributed by atoms with van der Waals surface area (Å²) in [5, 5.41) is 5.95. The first-order valence-corrected chi connectivity index (χ1v) is 11.2. The molecule has 0 aliphatic carbocycles. The monoisotopic (exact) mass is 416 g/mol. The number of quaternary nitrogens is 2. The second kappa shape index (κ2) is 14.0. The molecule has 1 unspecified atom stereocenters. The Morgan fingerprint density at radius 1 is 0.828 bits per heavy atom. The Labute approximate surface area is 181 Å². The molecule has 6 heteroatoms. The molecule has 0 aromatic rings. The van der Waals surface area contributed by atoms with Gasteiger partial charge in [-0.2, -0.15) is 0 Å². The van der Waals surface area contributed by atoms with Gasteiger partial charge >= 0.3 is 0 Å². The van der Waals surface area contributed by atoms with E-state index in [9.17, 15) is 9.59 Å². The molecule has 0 bridgehead atoms. The Balaban J connectivity index is 0. The quantitative estimate of drug-likeness (QED) is 0.380. The predicted octanol–water partition coefficient (Wildman–Crippen LogP) is 2.88. The molecule has 0 saturated carbocycles. The van der Waals surface area contributed by atoms with Gasteiger partial charge in [-0.15, -0.1) is 0 Å². The van der Waals surface area contributed by atoms with E-state index in [2.05, 4.69) is 52.9 Å². The molecule has 6 nitrogen and oxygen atoms in total. The summed E-state index contributed by atoms with van der Waals surface area (Å²) in [6.07, 6.45) is 3.88. The first-order chi connectivity index (χ1) is 13.1. The lowest BCUT2D eigenvalue weighted by atomic mass is 9.89. The van der Waals surface area contributed by atoms with E-state index < -0.39 is 0 Å². The minimum atomic E-state index is -0.226. The van der Waals surface area contributed by atoms with Crippen molar-refractivity contribution in [3.05, 3.63) is 0 Å². The first kappa shape index (κ1) is 30.1. The van der Waals surface area contributed by atoms with Crippen LogP contribution >= 0.6 is 0 Å². The van der Waals surface area contributed by atoms with Gasteiger partial charge in [0, 0.05) is 37.3 Å². The van der Waals surface area contributed by atoms with Crippen LogP contribution in [-0.2, 0) is 9.59 Å². The number of carbonyl (C=O) groups is 2. The van der Waals surface area contributed by atoms with Gasteiger partial charge in [-0.05, 0) is 12.8 Å². The average molecular weight is 417 g/mol. The van der Waals surface area contributed by atoms with E-state index in [1.54, 1.807) is 0 Å². The molecule has 2 amide bonds. The summed E-state index contributed by atoms with van der Waals surface area (Å²) >= 11 is 0. The van der Waals surface area contributed by atoms with Gasteiger partial charge in [0.2, 0.25) is 11.8 Å². The minimum Gasteiger partial charge on any atom is -0.356 e. The topological polar surface area (TPSA) is 58.2 Å². The van der Waals surface area contributed by atoms with Crippen molar-refractivity contribution in [2.45, 2.75) is 60.3 Å². The van der Waals surface area contributed by atoms with Gasteiger partial charge in [-0.3, -0.25) is 9.59 Å². The van der Waals surface area contributed by atoms with Gasteiger partial charge in [-0.25, -0.2) is 0 Å². The van der Waals surface area contributed by atoms with Crippen LogP contribution < -0.4 is 10.6 Å². The van der Waals surface area contributed by atoms with Crippen molar-refractivity contribution < 1.29 is 18.6 Å². The molecule has 0 spiro atoms. The lowest BCUT2D eigenvalue weighted by Crippen LogP contribution is -2.40. The van der Waals surface area contributed by atoms with Crippen molar-refractivity contribution in [3.8, 4) is 0 Å². The van der Waals surface area contributed by atoms with Gasteiger partial charge in [0.15, 0.2) is 0 Å². The number of rotatable bonds is 12. The highest BCUT2D eigenvalue weighted by Gasteiger charge is 2.24. The Bertz CT molecular complexity index is 462. The van der Waals surface area contributed by atoms with Crippen LogP contribution in [0, 0.1) is 11.3 Å². The molecule has 174 valence electrons. The second-order valence-electron chi connectivity index (χ2n) is 10.8. The summed E-state index contributed by atoms with van der Waals surface area (Å²) in [4.78, 5) is 23.1. The van der Waals surface area contributed by atoms with E-state index in [0.717, 1.165) is 60.8 Å². The van der Waals surface area contributed by atoms with E-state index in [1.165, 1.54) is 0 Å². The first-order valence-electron chi connectivity index (χ1n) is 11.2. The summed E-state index contributed by atoms with van der Waals surface area (Å²) in [5.41, 5.74) is -0.226. The molecule has 0 aliphatic rings. The number of nitrogens with one attached hydrogen (secondary N) is 2. The zero-order chi connectivity index (χ0) is 23.3. The molecule has 1 atom stereocenters. The third kappa shape index (κ3) is 18.6. The van der Waals surface area contributed by atoms with Gasteiger partial charge in [0.05, 0.1) is 55.4 Å². The molecule has 0 aromatic heterocycles. The summed E-state index contributed by atoms with van der Waals surface area (Å²) in [6, 6.07) is 0. The molecule has 2 N–H and O–H groups in total. The highest BCUT2D eigenvalue weighted by molar-refractivity contribution is 5.81. The van der Waals surface area contributed by atoms with Crippen molar-refractivity contribution in [1.82, 2.24) is 10.6 Å². The predicted molar refractivity (Wildman–Crippen MR) is 125 cm³/mol. The lowest BCUT2D eigenvalue weighted by molar-refractivity contribution is -0.870. The zero-order valence-corrected chi connectivity index (χ0v) is 21.4. The zero-order valence-electron chi connectivity index (χ0n) is 21.4. The van der Waals surface area contributed by atoms with Crippen LogP contribution in [0.15, 0.2) is 0 Å². The Kier molecular flexibility index (Phi) is 14.5. The Morgan fingerprint density at radius 2 is 1.24 bits per heavy atom. The van der Waals surface area contributed by atoms with Crippen LogP contribution in [0.3, 0.4) is 0 Å².